The zero-order valence-electron chi connectivity index (χ0n) is 11.8. The summed E-state index contributed by atoms with van der Waals surface area (Å²) in [6.07, 6.45) is 2.13. The molecule has 0 atom stereocenters. The van der Waals surface area contributed by atoms with Crippen molar-refractivity contribution in [3.63, 3.8) is 0 Å². The van der Waals surface area contributed by atoms with Crippen LogP contribution in [-0.2, 0) is 14.8 Å². The molecule has 3 N–H and O–H groups in total. The number of nitrogens with one attached hydrogen (secondary N) is 1. The van der Waals surface area contributed by atoms with E-state index < -0.39 is 21.5 Å². The van der Waals surface area contributed by atoms with Gasteiger partial charge in [-0.1, -0.05) is 13.8 Å². The number of rotatable bonds is 7. The van der Waals surface area contributed by atoms with Gasteiger partial charge in [0.25, 0.3) is 10.0 Å². The van der Waals surface area contributed by atoms with Crippen LogP contribution < -0.4 is 10.5 Å². The number of ether oxygens (including phenoxy) is 1. The molecule has 114 valence electrons. The first-order chi connectivity index (χ1) is 9.34. The molecule has 1 heterocycles. The molecule has 0 saturated heterocycles. The summed E-state index contributed by atoms with van der Waals surface area (Å²) in [4.78, 5) is 11.3. The Morgan fingerprint density at radius 3 is 2.50 bits per heavy atom. The standard InChI is InChI=1S/C12H20N2O5S/c1-4-12(5-2,8-13)14-20(16,17)10-6-9(7-19-10)11(15)18-3/h6-7,14H,4-5,8,13H2,1-3H3. The van der Waals surface area contributed by atoms with Gasteiger partial charge in [-0.15, -0.1) is 0 Å². The van der Waals surface area contributed by atoms with Crippen LogP contribution in [0.5, 0.6) is 0 Å². The van der Waals surface area contributed by atoms with Gasteiger partial charge >= 0.3 is 5.97 Å². The van der Waals surface area contributed by atoms with E-state index in [1.807, 2.05) is 13.8 Å². The number of nitrogens with two attached hydrogens (primary N) is 1. The molecule has 0 unspecified atom stereocenters. The molecule has 20 heavy (non-hydrogen) atoms. The molecule has 0 saturated carbocycles. The lowest BCUT2D eigenvalue weighted by Crippen LogP contribution is -2.52. The Kier molecular flexibility index (Phi) is 5.32. The van der Waals surface area contributed by atoms with E-state index in [0.29, 0.717) is 12.8 Å². The third-order valence-corrected chi connectivity index (χ3v) is 4.80. The fraction of sp³-hybridized carbons (Fsp3) is 0.583. The van der Waals surface area contributed by atoms with Crippen LogP contribution >= 0.6 is 0 Å². The Morgan fingerprint density at radius 1 is 1.45 bits per heavy atom. The molecule has 0 aromatic carbocycles. The minimum Gasteiger partial charge on any atom is -0.465 e. The Bertz CT molecular complexity index is 552. The third-order valence-electron chi connectivity index (χ3n) is 3.36. The zero-order valence-corrected chi connectivity index (χ0v) is 12.6. The van der Waals surface area contributed by atoms with Gasteiger partial charge in [0, 0.05) is 18.2 Å². The van der Waals surface area contributed by atoms with Gasteiger partial charge in [0.1, 0.15) is 6.26 Å². The fourth-order valence-corrected chi connectivity index (χ4v) is 3.24. The number of furan rings is 1. The van der Waals surface area contributed by atoms with Crippen LogP contribution in [0.3, 0.4) is 0 Å². The summed E-state index contributed by atoms with van der Waals surface area (Å²) < 4.78 is 36.4. The highest BCUT2D eigenvalue weighted by atomic mass is 32.2. The molecule has 1 aromatic heterocycles. The smallest absolute Gasteiger partial charge is 0.341 e. The monoisotopic (exact) mass is 304 g/mol. The zero-order chi connectivity index (χ0) is 15.4. The summed E-state index contributed by atoms with van der Waals surface area (Å²) in [6, 6.07) is 1.13. The summed E-state index contributed by atoms with van der Waals surface area (Å²) in [6.45, 7) is 3.87. The Labute approximate surface area is 118 Å². The molecule has 0 aliphatic rings. The number of carbonyl (C=O) groups is 1. The molecule has 0 radical (unpaired) electrons. The summed E-state index contributed by atoms with van der Waals surface area (Å²) in [5.41, 5.74) is 4.97. The number of hydrogen-bond acceptors (Lipinski definition) is 6. The van der Waals surface area contributed by atoms with Gasteiger partial charge in [-0.2, -0.15) is 0 Å². The van der Waals surface area contributed by atoms with Crippen LogP contribution in [0, 0.1) is 0 Å². The summed E-state index contributed by atoms with van der Waals surface area (Å²) in [5.74, 6) is -0.661. The molecule has 1 rings (SSSR count). The second-order valence-corrected chi connectivity index (χ2v) is 6.06. The largest absolute Gasteiger partial charge is 0.465 e. The van der Waals surface area contributed by atoms with Gasteiger partial charge in [0.15, 0.2) is 0 Å². The highest BCUT2D eigenvalue weighted by molar-refractivity contribution is 7.89. The van der Waals surface area contributed by atoms with Crippen molar-refractivity contribution in [1.29, 1.82) is 0 Å². The normalized spacial score (nSPS) is 12.4. The Balaban J connectivity index is 3.05. The number of hydrogen-bond donors (Lipinski definition) is 2. The Hall–Kier alpha value is -1.38. The lowest BCUT2D eigenvalue weighted by Gasteiger charge is -2.30. The van der Waals surface area contributed by atoms with Crippen molar-refractivity contribution in [3.05, 3.63) is 17.9 Å². The van der Waals surface area contributed by atoms with E-state index in [-0.39, 0.29) is 17.2 Å². The van der Waals surface area contributed by atoms with Crippen LogP contribution in [0.15, 0.2) is 21.8 Å². The van der Waals surface area contributed by atoms with E-state index in [0.717, 1.165) is 12.3 Å². The molecule has 1 aromatic rings. The molecule has 0 fully saturated rings. The summed E-state index contributed by atoms with van der Waals surface area (Å²) >= 11 is 0. The molecule has 7 nitrogen and oxygen atoms in total. The number of methoxy groups -OCH3 is 1. The fourth-order valence-electron chi connectivity index (χ4n) is 1.74. The number of esters is 1. The molecular formula is C12H20N2O5S. The maximum Gasteiger partial charge on any atom is 0.341 e. The van der Waals surface area contributed by atoms with E-state index in [1.54, 1.807) is 0 Å². The quantitative estimate of drug-likeness (QED) is 0.723. The number of carbonyl (C=O) groups excluding carboxylic acids is 1. The minimum atomic E-state index is -3.88. The first kappa shape index (κ1) is 16.7. The lowest BCUT2D eigenvalue weighted by molar-refractivity contribution is 0.0600. The van der Waals surface area contributed by atoms with Crippen LogP contribution in [0.25, 0.3) is 0 Å². The van der Waals surface area contributed by atoms with Gasteiger partial charge in [-0.3, -0.25) is 0 Å². The predicted octanol–water partition coefficient (Wildman–Crippen LogP) is 0.862. The van der Waals surface area contributed by atoms with E-state index >= 15 is 0 Å². The van der Waals surface area contributed by atoms with Crippen LogP contribution in [0.1, 0.15) is 37.0 Å². The van der Waals surface area contributed by atoms with Crippen molar-refractivity contribution in [1.82, 2.24) is 4.72 Å². The van der Waals surface area contributed by atoms with Crippen LogP contribution in [0.2, 0.25) is 0 Å². The van der Waals surface area contributed by atoms with Gasteiger partial charge in [0.2, 0.25) is 5.09 Å². The van der Waals surface area contributed by atoms with Crippen LogP contribution in [-0.4, -0.2) is 33.6 Å². The maximum absolute atomic E-state index is 12.2. The van der Waals surface area contributed by atoms with Gasteiger partial charge in [-0.05, 0) is 12.8 Å². The second kappa shape index (κ2) is 6.38. The lowest BCUT2D eigenvalue weighted by atomic mass is 9.95. The maximum atomic E-state index is 12.2. The van der Waals surface area contributed by atoms with Crippen molar-refractivity contribution in [2.24, 2.45) is 5.73 Å². The molecule has 0 bridgehead atoms. The first-order valence-corrected chi connectivity index (χ1v) is 7.73. The van der Waals surface area contributed by atoms with Gasteiger partial charge in [0.05, 0.1) is 12.7 Å². The van der Waals surface area contributed by atoms with Crippen LogP contribution in [0.4, 0.5) is 0 Å². The average molecular weight is 304 g/mol. The highest BCUT2D eigenvalue weighted by Crippen LogP contribution is 2.20. The topological polar surface area (TPSA) is 112 Å². The predicted molar refractivity (Wildman–Crippen MR) is 72.7 cm³/mol. The van der Waals surface area contributed by atoms with Gasteiger partial charge in [-0.25, -0.2) is 17.9 Å². The molecule has 0 aliphatic carbocycles. The first-order valence-electron chi connectivity index (χ1n) is 6.25. The van der Waals surface area contributed by atoms with Crippen molar-refractivity contribution < 1.29 is 22.4 Å². The molecule has 0 aliphatic heterocycles. The third kappa shape index (κ3) is 3.38. The molecular weight excluding hydrogens is 284 g/mol. The van der Waals surface area contributed by atoms with E-state index in [9.17, 15) is 13.2 Å². The highest BCUT2D eigenvalue weighted by Gasteiger charge is 2.32. The second-order valence-electron chi connectivity index (χ2n) is 4.44. The molecule has 0 amide bonds. The summed E-state index contributed by atoms with van der Waals surface area (Å²) in [7, 11) is -2.68. The van der Waals surface area contributed by atoms with Crippen molar-refractivity contribution in [2.45, 2.75) is 37.3 Å². The SMILES string of the molecule is CCC(CC)(CN)NS(=O)(=O)c1cc(C(=O)OC)co1. The molecule has 8 heteroatoms. The minimum absolute atomic E-state index is 0.0409. The van der Waals surface area contributed by atoms with E-state index in [4.69, 9.17) is 10.2 Å². The average Bonchev–Trinajstić information content (AvgIpc) is 2.94. The van der Waals surface area contributed by atoms with Crippen molar-refractivity contribution in [2.75, 3.05) is 13.7 Å². The van der Waals surface area contributed by atoms with Gasteiger partial charge < -0.3 is 14.9 Å². The number of sulfonamides is 1. The Morgan fingerprint density at radius 2 is 2.05 bits per heavy atom. The van der Waals surface area contributed by atoms with E-state index in [1.165, 1.54) is 7.11 Å². The molecule has 0 spiro atoms. The van der Waals surface area contributed by atoms with Crippen molar-refractivity contribution >= 4 is 16.0 Å². The van der Waals surface area contributed by atoms with Crippen molar-refractivity contribution in [3.8, 4) is 0 Å². The summed E-state index contributed by atoms with van der Waals surface area (Å²) in [5, 5.41) is -0.336. The van der Waals surface area contributed by atoms with E-state index in [2.05, 4.69) is 9.46 Å².